The molecule has 0 aliphatic carbocycles. The van der Waals surface area contributed by atoms with Gasteiger partial charge in [0.2, 0.25) is 5.75 Å². The molecule has 0 bridgehead atoms. The summed E-state index contributed by atoms with van der Waals surface area (Å²) in [5.41, 5.74) is 0.855. The number of ether oxygens (including phenoxy) is 2. The number of carbonyl (C=O) groups is 1. The fraction of sp³-hybridized carbons (Fsp3) is 0.292. The Kier molecular flexibility index (Phi) is 7.80. The van der Waals surface area contributed by atoms with Crippen LogP contribution in [0.5, 0.6) is 5.75 Å². The standard InChI is InChI=1S/C24H24Cl2N4O5/c1-2-35-21-20(23(31)27-14-15-7-8-17(25)18(26)13-15)28-22(30(33)24(21)32)16-5-3-4-6-19(16)29-9-11-34-12-10-29/h3-8,13,33H,2,9-12,14H2,1H3,(H,27,31). The number of rotatable bonds is 7. The zero-order chi connectivity index (χ0) is 24.9. The van der Waals surface area contributed by atoms with Crippen molar-refractivity contribution in [1.29, 1.82) is 0 Å². The van der Waals surface area contributed by atoms with Crippen LogP contribution in [-0.2, 0) is 11.3 Å². The first-order valence-electron chi connectivity index (χ1n) is 11.0. The molecule has 2 N–H and O–H groups in total. The highest BCUT2D eigenvalue weighted by molar-refractivity contribution is 6.42. The van der Waals surface area contributed by atoms with Crippen molar-refractivity contribution in [2.45, 2.75) is 13.5 Å². The molecule has 0 atom stereocenters. The molecule has 0 unspecified atom stereocenters. The predicted molar refractivity (Wildman–Crippen MR) is 133 cm³/mol. The predicted octanol–water partition coefficient (Wildman–Crippen LogP) is 3.62. The number of halogens is 2. The van der Waals surface area contributed by atoms with Gasteiger partial charge in [0.15, 0.2) is 11.5 Å². The Hall–Kier alpha value is -3.27. The van der Waals surface area contributed by atoms with Crippen molar-refractivity contribution >= 4 is 34.8 Å². The molecule has 35 heavy (non-hydrogen) atoms. The number of nitrogens with one attached hydrogen (secondary N) is 1. The minimum absolute atomic E-state index is 0.0692. The van der Waals surface area contributed by atoms with Gasteiger partial charge < -0.3 is 24.9 Å². The van der Waals surface area contributed by atoms with Crippen LogP contribution < -0.4 is 20.5 Å². The van der Waals surface area contributed by atoms with E-state index in [1.165, 1.54) is 0 Å². The van der Waals surface area contributed by atoms with E-state index in [2.05, 4.69) is 15.2 Å². The molecule has 2 heterocycles. The lowest BCUT2D eigenvalue weighted by Gasteiger charge is -2.30. The maximum Gasteiger partial charge on any atom is 0.329 e. The molecular formula is C24H24Cl2N4O5. The third-order valence-electron chi connectivity index (χ3n) is 5.46. The van der Waals surface area contributed by atoms with Crippen LogP contribution >= 0.6 is 23.2 Å². The largest absolute Gasteiger partial charge is 0.486 e. The number of amides is 1. The van der Waals surface area contributed by atoms with Crippen molar-refractivity contribution in [3.8, 4) is 17.1 Å². The highest BCUT2D eigenvalue weighted by atomic mass is 35.5. The molecule has 4 rings (SSSR count). The molecule has 0 radical (unpaired) electrons. The quantitative estimate of drug-likeness (QED) is 0.460. The third-order valence-corrected chi connectivity index (χ3v) is 6.20. The summed E-state index contributed by atoms with van der Waals surface area (Å²) in [5.74, 6) is -1.04. The number of anilines is 1. The lowest BCUT2D eigenvalue weighted by atomic mass is 10.1. The molecule has 11 heteroatoms. The summed E-state index contributed by atoms with van der Waals surface area (Å²) >= 11 is 12.0. The second-order valence-electron chi connectivity index (χ2n) is 7.71. The average molecular weight is 519 g/mol. The maximum absolute atomic E-state index is 13.1. The summed E-state index contributed by atoms with van der Waals surface area (Å²) in [4.78, 5) is 32.6. The van der Waals surface area contributed by atoms with Gasteiger partial charge in [-0.25, -0.2) is 4.98 Å². The van der Waals surface area contributed by atoms with Crippen LogP contribution in [0, 0.1) is 0 Å². The number of carbonyl (C=O) groups excluding carboxylic acids is 1. The fourth-order valence-electron chi connectivity index (χ4n) is 3.76. The zero-order valence-electron chi connectivity index (χ0n) is 19.0. The Morgan fingerprint density at radius 3 is 2.63 bits per heavy atom. The minimum Gasteiger partial charge on any atom is -0.486 e. The van der Waals surface area contributed by atoms with E-state index in [-0.39, 0.29) is 30.4 Å². The molecule has 0 saturated carbocycles. The Morgan fingerprint density at radius 2 is 1.91 bits per heavy atom. The molecule has 2 aromatic carbocycles. The van der Waals surface area contributed by atoms with E-state index in [0.717, 1.165) is 5.69 Å². The Morgan fingerprint density at radius 1 is 1.17 bits per heavy atom. The van der Waals surface area contributed by atoms with Gasteiger partial charge in [-0.2, -0.15) is 0 Å². The maximum atomic E-state index is 13.1. The van der Waals surface area contributed by atoms with E-state index in [4.69, 9.17) is 32.7 Å². The van der Waals surface area contributed by atoms with E-state index in [1.54, 1.807) is 37.3 Å². The van der Waals surface area contributed by atoms with Crippen molar-refractivity contribution < 1.29 is 19.5 Å². The number of para-hydroxylation sites is 1. The summed E-state index contributed by atoms with van der Waals surface area (Å²) in [6.45, 7) is 4.28. The normalized spacial score (nSPS) is 13.5. The molecule has 3 aromatic rings. The molecule has 1 aliphatic heterocycles. The zero-order valence-corrected chi connectivity index (χ0v) is 20.5. The topological polar surface area (TPSA) is 106 Å². The number of morpholine rings is 1. The average Bonchev–Trinajstić information content (AvgIpc) is 2.88. The van der Waals surface area contributed by atoms with Gasteiger partial charge >= 0.3 is 5.56 Å². The van der Waals surface area contributed by atoms with Gasteiger partial charge in [-0.15, -0.1) is 4.73 Å². The van der Waals surface area contributed by atoms with Gasteiger partial charge in [0.25, 0.3) is 5.91 Å². The number of aromatic nitrogens is 2. The number of nitrogens with zero attached hydrogens (tertiary/aromatic N) is 3. The Bertz CT molecular complexity index is 1290. The van der Waals surface area contributed by atoms with Crippen LogP contribution in [0.15, 0.2) is 47.3 Å². The molecular weight excluding hydrogens is 495 g/mol. The summed E-state index contributed by atoms with van der Waals surface area (Å²) in [5, 5.41) is 14.2. The van der Waals surface area contributed by atoms with Crippen molar-refractivity contribution in [3.05, 3.63) is 74.1 Å². The van der Waals surface area contributed by atoms with Gasteiger partial charge in [-0.05, 0) is 36.8 Å². The van der Waals surface area contributed by atoms with Crippen molar-refractivity contribution in [1.82, 2.24) is 15.0 Å². The van der Waals surface area contributed by atoms with E-state index < -0.39 is 11.5 Å². The first-order chi connectivity index (χ1) is 16.9. The molecule has 1 fully saturated rings. The van der Waals surface area contributed by atoms with Crippen LogP contribution in [0.2, 0.25) is 10.0 Å². The van der Waals surface area contributed by atoms with E-state index in [9.17, 15) is 14.8 Å². The van der Waals surface area contributed by atoms with Gasteiger partial charge in [0.05, 0.1) is 29.9 Å². The highest BCUT2D eigenvalue weighted by Crippen LogP contribution is 2.30. The number of hydrogen-bond donors (Lipinski definition) is 2. The molecule has 1 saturated heterocycles. The van der Waals surface area contributed by atoms with Crippen LogP contribution in [0.25, 0.3) is 11.4 Å². The van der Waals surface area contributed by atoms with Crippen molar-refractivity contribution in [2.75, 3.05) is 37.8 Å². The SMILES string of the molecule is CCOc1c(C(=O)NCc2ccc(Cl)c(Cl)c2)nc(-c2ccccc2N2CCOCC2)n(O)c1=O. The van der Waals surface area contributed by atoms with Crippen LogP contribution in [-0.4, -0.2) is 53.7 Å². The minimum atomic E-state index is -0.881. The van der Waals surface area contributed by atoms with Crippen molar-refractivity contribution in [2.24, 2.45) is 0 Å². The lowest BCUT2D eigenvalue weighted by molar-refractivity contribution is 0.0937. The summed E-state index contributed by atoms with van der Waals surface area (Å²) in [7, 11) is 0. The summed E-state index contributed by atoms with van der Waals surface area (Å²) in [6, 6.07) is 12.2. The van der Waals surface area contributed by atoms with Crippen LogP contribution in [0.3, 0.4) is 0 Å². The van der Waals surface area contributed by atoms with Gasteiger partial charge in [0, 0.05) is 30.9 Å². The molecule has 0 spiro atoms. The summed E-state index contributed by atoms with van der Waals surface area (Å²) < 4.78 is 11.3. The first-order valence-corrected chi connectivity index (χ1v) is 11.8. The van der Waals surface area contributed by atoms with Gasteiger partial charge in [-0.3, -0.25) is 9.59 Å². The summed E-state index contributed by atoms with van der Waals surface area (Å²) in [6.07, 6.45) is 0. The molecule has 9 nitrogen and oxygen atoms in total. The molecule has 1 aliphatic rings. The van der Waals surface area contributed by atoms with Gasteiger partial charge in [0.1, 0.15) is 0 Å². The second kappa shape index (κ2) is 11.0. The number of benzene rings is 2. The third kappa shape index (κ3) is 5.37. The Labute approximate surface area is 211 Å². The lowest BCUT2D eigenvalue weighted by Crippen LogP contribution is -2.37. The van der Waals surface area contributed by atoms with Crippen molar-refractivity contribution in [3.63, 3.8) is 0 Å². The van der Waals surface area contributed by atoms with E-state index in [1.807, 2.05) is 12.1 Å². The molecule has 1 aromatic heterocycles. The fourth-order valence-corrected chi connectivity index (χ4v) is 4.08. The molecule has 1 amide bonds. The van der Waals surface area contributed by atoms with Gasteiger partial charge in [-0.1, -0.05) is 41.4 Å². The first kappa shape index (κ1) is 24.8. The second-order valence-corrected chi connectivity index (χ2v) is 8.53. The van der Waals surface area contributed by atoms with Crippen LogP contribution in [0.1, 0.15) is 23.0 Å². The smallest absolute Gasteiger partial charge is 0.329 e. The van der Waals surface area contributed by atoms with E-state index in [0.29, 0.717) is 52.2 Å². The highest BCUT2D eigenvalue weighted by Gasteiger charge is 2.26. The Balaban J connectivity index is 1.73. The number of hydrogen-bond acceptors (Lipinski definition) is 7. The van der Waals surface area contributed by atoms with Crippen LogP contribution in [0.4, 0.5) is 5.69 Å². The molecule has 184 valence electrons. The monoisotopic (exact) mass is 518 g/mol. The van der Waals surface area contributed by atoms with E-state index >= 15 is 0 Å².